The monoisotopic (exact) mass is 506 g/mol. The molecule has 0 aliphatic heterocycles. The summed E-state index contributed by atoms with van der Waals surface area (Å²) < 4.78 is 16.9. The molecule has 0 saturated heterocycles. The number of benzene rings is 3. The van der Waals surface area contributed by atoms with Gasteiger partial charge in [0.25, 0.3) is 0 Å². The van der Waals surface area contributed by atoms with Crippen molar-refractivity contribution in [3.8, 4) is 17.2 Å². The van der Waals surface area contributed by atoms with E-state index in [0.717, 1.165) is 66.8 Å². The standard InChI is InChI=1S/C27H29Cl3O3/c1-14-8-20(31-5)10-18(26(14)29)11-22-17(4)27(30)19(13-24(22)33-7)12-21-16(3)25(28)15(2)9-23(21)32-6/h8-10,13H,11-12H2,1-7H3. The fourth-order valence-corrected chi connectivity index (χ4v) is 4.77. The Labute approximate surface area is 211 Å². The van der Waals surface area contributed by atoms with Gasteiger partial charge in [-0.15, -0.1) is 0 Å². The van der Waals surface area contributed by atoms with Gasteiger partial charge in [0.15, 0.2) is 0 Å². The first-order chi connectivity index (χ1) is 15.6. The van der Waals surface area contributed by atoms with E-state index >= 15 is 0 Å². The number of aryl methyl sites for hydroxylation is 2. The lowest BCUT2D eigenvalue weighted by Crippen LogP contribution is -2.04. The van der Waals surface area contributed by atoms with E-state index in [1.54, 1.807) is 21.3 Å². The molecule has 0 saturated carbocycles. The average Bonchev–Trinajstić information content (AvgIpc) is 2.80. The zero-order valence-electron chi connectivity index (χ0n) is 20.1. The Morgan fingerprint density at radius 1 is 0.576 bits per heavy atom. The summed E-state index contributed by atoms with van der Waals surface area (Å²) in [5.74, 6) is 2.33. The maximum absolute atomic E-state index is 6.90. The number of ether oxygens (including phenoxy) is 3. The van der Waals surface area contributed by atoms with Crippen molar-refractivity contribution in [3.05, 3.63) is 83.8 Å². The van der Waals surface area contributed by atoms with Crippen LogP contribution in [-0.2, 0) is 12.8 Å². The van der Waals surface area contributed by atoms with Crippen LogP contribution in [0.4, 0.5) is 0 Å². The van der Waals surface area contributed by atoms with E-state index in [1.807, 2.05) is 52.0 Å². The van der Waals surface area contributed by atoms with E-state index in [4.69, 9.17) is 49.0 Å². The molecule has 0 unspecified atom stereocenters. The molecule has 3 nitrogen and oxygen atoms in total. The van der Waals surface area contributed by atoms with Crippen molar-refractivity contribution in [1.29, 1.82) is 0 Å². The van der Waals surface area contributed by atoms with Crippen LogP contribution in [0.3, 0.4) is 0 Å². The Kier molecular flexibility index (Phi) is 8.10. The molecule has 0 atom stereocenters. The summed E-state index contributed by atoms with van der Waals surface area (Å²) in [6.45, 7) is 7.96. The lowest BCUT2D eigenvalue weighted by atomic mass is 9.92. The zero-order chi connectivity index (χ0) is 24.4. The van der Waals surface area contributed by atoms with Crippen molar-refractivity contribution < 1.29 is 14.2 Å². The van der Waals surface area contributed by atoms with Gasteiger partial charge in [0, 0.05) is 39.0 Å². The minimum atomic E-state index is 0.574. The lowest BCUT2D eigenvalue weighted by Gasteiger charge is -2.20. The molecule has 0 aromatic heterocycles. The molecule has 0 aliphatic carbocycles. The third kappa shape index (κ3) is 5.06. The van der Waals surface area contributed by atoms with Crippen molar-refractivity contribution >= 4 is 34.8 Å². The van der Waals surface area contributed by atoms with Crippen molar-refractivity contribution in [2.75, 3.05) is 21.3 Å². The van der Waals surface area contributed by atoms with Gasteiger partial charge in [-0.2, -0.15) is 0 Å². The van der Waals surface area contributed by atoms with Crippen LogP contribution >= 0.6 is 34.8 Å². The molecule has 0 heterocycles. The van der Waals surface area contributed by atoms with Crippen LogP contribution in [0, 0.1) is 27.7 Å². The maximum atomic E-state index is 6.90. The maximum Gasteiger partial charge on any atom is 0.123 e. The van der Waals surface area contributed by atoms with E-state index in [-0.39, 0.29) is 0 Å². The number of hydrogen-bond donors (Lipinski definition) is 0. The quantitative estimate of drug-likeness (QED) is 0.323. The van der Waals surface area contributed by atoms with Crippen LogP contribution in [0.15, 0.2) is 24.3 Å². The third-order valence-electron chi connectivity index (χ3n) is 6.15. The Hall–Kier alpha value is -2.07. The Balaban J connectivity index is 2.10. The summed E-state index contributed by atoms with van der Waals surface area (Å²) in [5, 5.41) is 2.15. The first-order valence-electron chi connectivity index (χ1n) is 10.6. The summed E-state index contributed by atoms with van der Waals surface area (Å²) in [7, 11) is 4.99. The molecule has 0 aliphatic rings. The highest BCUT2D eigenvalue weighted by Crippen LogP contribution is 2.39. The Morgan fingerprint density at radius 3 is 1.61 bits per heavy atom. The van der Waals surface area contributed by atoms with Crippen molar-refractivity contribution in [3.63, 3.8) is 0 Å². The first kappa shape index (κ1) is 25.6. The second-order valence-corrected chi connectivity index (χ2v) is 9.37. The van der Waals surface area contributed by atoms with Gasteiger partial charge in [-0.3, -0.25) is 0 Å². The van der Waals surface area contributed by atoms with Gasteiger partial charge in [-0.1, -0.05) is 34.8 Å². The number of halogens is 3. The SMILES string of the molecule is COc1cc(C)c(Cl)c(Cc2c(OC)cc(Cc3c(OC)cc(C)c(Cl)c3C)c(Cl)c2C)c1. The fourth-order valence-electron chi connectivity index (χ4n) is 4.19. The summed E-state index contributed by atoms with van der Waals surface area (Å²) in [5.41, 5.74) is 7.80. The van der Waals surface area contributed by atoms with Crippen molar-refractivity contribution in [2.24, 2.45) is 0 Å². The molecule has 0 fully saturated rings. The number of methoxy groups -OCH3 is 3. The predicted octanol–water partition coefficient (Wildman–Crippen LogP) is 8.09. The van der Waals surface area contributed by atoms with Crippen LogP contribution in [0.5, 0.6) is 17.2 Å². The van der Waals surface area contributed by atoms with E-state index in [0.29, 0.717) is 22.9 Å². The van der Waals surface area contributed by atoms with Crippen LogP contribution < -0.4 is 14.2 Å². The van der Waals surface area contributed by atoms with Gasteiger partial charge in [0.2, 0.25) is 0 Å². The van der Waals surface area contributed by atoms with Gasteiger partial charge < -0.3 is 14.2 Å². The molecular formula is C27H29Cl3O3. The largest absolute Gasteiger partial charge is 0.497 e. The summed E-state index contributed by atoms with van der Waals surface area (Å²) in [4.78, 5) is 0. The normalized spacial score (nSPS) is 11.0. The molecule has 3 rings (SSSR count). The molecule has 0 radical (unpaired) electrons. The number of hydrogen-bond acceptors (Lipinski definition) is 3. The van der Waals surface area contributed by atoms with Crippen LogP contribution in [-0.4, -0.2) is 21.3 Å². The molecule has 0 bridgehead atoms. The topological polar surface area (TPSA) is 27.7 Å². The van der Waals surface area contributed by atoms with Crippen LogP contribution in [0.25, 0.3) is 0 Å². The molecule has 176 valence electrons. The van der Waals surface area contributed by atoms with E-state index in [9.17, 15) is 0 Å². The van der Waals surface area contributed by atoms with E-state index in [1.165, 1.54) is 0 Å². The highest BCUT2D eigenvalue weighted by Gasteiger charge is 2.20. The van der Waals surface area contributed by atoms with Crippen LogP contribution in [0.2, 0.25) is 15.1 Å². The van der Waals surface area contributed by atoms with E-state index in [2.05, 4.69) is 0 Å². The smallest absolute Gasteiger partial charge is 0.123 e. The molecule has 0 N–H and O–H groups in total. The number of rotatable bonds is 7. The zero-order valence-corrected chi connectivity index (χ0v) is 22.4. The van der Waals surface area contributed by atoms with Crippen LogP contribution in [0.1, 0.15) is 44.5 Å². The average molecular weight is 508 g/mol. The summed E-state index contributed by atoms with van der Waals surface area (Å²) in [6, 6.07) is 7.84. The second kappa shape index (κ2) is 10.5. The second-order valence-electron chi connectivity index (χ2n) is 8.24. The minimum absolute atomic E-state index is 0.574. The molecule has 3 aromatic carbocycles. The summed E-state index contributed by atoms with van der Waals surface area (Å²) in [6.07, 6.45) is 1.15. The third-order valence-corrected chi connectivity index (χ3v) is 7.80. The molecule has 0 amide bonds. The van der Waals surface area contributed by atoms with Gasteiger partial charge in [0.1, 0.15) is 17.2 Å². The first-order valence-corrected chi connectivity index (χ1v) is 11.8. The molecule has 3 aromatic rings. The molecular weight excluding hydrogens is 479 g/mol. The highest BCUT2D eigenvalue weighted by atomic mass is 35.5. The minimum Gasteiger partial charge on any atom is -0.497 e. The fraction of sp³-hybridized carbons (Fsp3) is 0.333. The van der Waals surface area contributed by atoms with Gasteiger partial charge in [0.05, 0.1) is 21.3 Å². The lowest BCUT2D eigenvalue weighted by molar-refractivity contribution is 0.407. The van der Waals surface area contributed by atoms with E-state index < -0.39 is 0 Å². The Bertz CT molecular complexity index is 1200. The summed E-state index contributed by atoms with van der Waals surface area (Å²) >= 11 is 20.1. The molecule has 33 heavy (non-hydrogen) atoms. The van der Waals surface area contributed by atoms with Gasteiger partial charge >= 0.3 is 0 Å². The highest BCUT2D eigenvalue weighted by molar-refractivity contribution is 6.33. The molecule has 6 heteroatoms. The van der Waals surface area contributed by atoms with Gasteiger partial charge in [-0.25, -0.2) is 0 Å². The predicted molar refractivity (Wildman–Crippen MR) is 139 cm³/mol. The Morgan fingerprint density at radius 2 is 1.06 bits per heavy atom. The van der Waals surface area contributed by atoms with Crippen molar-refractivity contribution in [1.82, 2.24) is 0 Å². The van der Waals surface area contributed by atoms with Crippen molar-refractivity contribution in [2.45, 2.75) is 40.5 Å². The molecule has 0 spiro atoms. The van der Waals surface area contributed by atoms with Gasteiger partial charge in [-0.05, 0) is 85.3 Å².